The van der Waals surface area contributed by atoms with Gasteiger partial charge in [-0.15, -0.1) is 10.2 Å². The minimum absolute atomic E-state index is 0.241. The van der Waals surface area contributed by atoms with Crippen LogP contribution in [0.3, 0.4) is 0 Å². The summed E-state index contributed by atoms with van der Waals surface area (Å²) >= 11 is 1.32. The molecule has 1 unspecified atom stereocenters. The zero-order chi connectivity index (χ0) is 23.5. The first-order valence-electron chi connectivity index (χ1n) is 10.9. The third-order valence-electron chi connectivity index (χ3n) is 5.82. The molecule has 172 valence electrons. The fourth-order valence-corrected chi connectivity index (χ4v) is 4.71. The third kappa shape index (κ3) is 4.98. The predicted octanol–water partition coefficient (Wildman–Crippen LogP) is 4.52. The highest BCUT2D eigenvalue weighted by atomic mass is 32.1. The summed E-state index contributed by atoms with van der Waals surface area (Å²) in [4.78, 5) is 29.6. The van der Waals surface area contributed by atoms with E-state index in [1.54, 1.807) is 4.90 Å². The van der Waals surface area contributed by atoms with Crippen molar-refractivity contribution >= 4 is 39.8 Å². The van der Waals surface area contributed by atoms with E-state index in [9.17, 15) is 9.59 Å². The molecule has 33 heavy (non-hydrogen) atoms. The van der Waals surface area contributed by atoms with Crippen LogP contribution in [0, 0.1) is 13.8 Å². The van der Waals surface area contributed by atoms with Crippen molar-refractivity contribution in [3.05, 3.63) is 53.6 Å². The van der Waals surface area contributed by atoms with Gasteiger partial charge in [0.15, 0.2) is 0 Å². The number of anilines is 3. The highest BCUT2D eigenvalue weighted by Gasteiger charge is 2.35. The van der Waals surface area contributed by atoms with Gasteiger partial charge in [-0.05, 0) is 62.1 Å². The molecule has 1 aliphatic heterocycles. The van der Waals surface area contributed by atoms with E-state index in [-0.39, 0.29) is 11.9 Å². The van der Waals surface area contributed by atoms with Gasteiger partial charge >= 0.3 is 6.03 Å². The van der Waals surface area contributed by atoms with Crippen LogP contribution >= 0.6 is 11.3 Å². The molecule has 2 N–H and O–H groups in total. The van der Waals surface area contributed by atoms with Crippen molar-refractivity contribution in [2.75, 3.05) is 36.2 Å². The Bertz CT molecular complexity index is 1140. The number of nitrogens with one attached hydrogen (secondary N) is 2. The van der Waals surface area contributed by atoms with Gasteiger partial charge in [-0.2, -0.15) is 0 Å². The first-order valence-corrected chi connectivity index (χ1v) is 11.7. The fraction of sp³-hybridized carbons (Fsp3) is 0.333. The molecular formula is C24H28N6O2S. The van der Waals surface area contributed by atoms with Crippen LogP contribution in [0.15, 0.2) is 42.5 Å². The van der Waals surface area contributed by atoms with Gasteiger partial charge in [0.2, 0.25) is 11.0 Å². The molecule has 3 amide bonds. The lowest BCUT2D eigenvalue weighted by atomic mass is 10.1. The Morgan fingerprint density at radius 2 is 1.73 bits per heavy atom. The van der Waals surface area contributed by atoms with Crippen molar-refractivity contribution in [2.45, 2.75) is 32.7 Å². The summed E-state index contributed by atoms with van der Waals surface area (Å²) in [6, 6.07) is 13.1. The average Bonchev–Trinajstić information content (AvgIpc) is 3.46. The lowest BCUT2D eigenvalue weighted by molar-refractivity contribution is -0.119. The molecule has 8 nitrogen and oxygen atoms in total. The molecule has 0 radical (unpaired) electrons. The number of benzene rings is 2. The van der Waals surface area contributed by atoms with Crippen molar-refractivity contribution in [3.8, 4) is 10.6 Å². The number of amides is 3. The second kappa shape index (κ2) is 9.58. The summed E-state index contributed by atoms with van der Waals surface area (Å²) in [6.45, 7) is 4.45. The number of aromatic nitrogens is 2. The minimum atomic E-state index is -0.541. The van der Waals surface area contributed by atoms with Crippen molar-refractivity contribution in [3.63, 3.8) is 0 Å². The number of nitrogens with zero attached hydrogens (tertiary/aromatic N) is 4. The van der Waals surface area contributed by atoms with Crippen LogP contribution in [0.2, 0.25) is 0 Å². The highest BCUT2D eigenvalue weighted by molar-refractivity contribution is 7.18. The van der Waals surface area contributed by atoms with Gasteiger partial charge in [-0.3, -0.25) is 10.1 Å². The Balaban J connectivity index is 1.42. The Hall–Kier alpha value is -3.46. The number of likely N-dealkylation sites (tertiary alicyclic amines) is 1. The summed E-state index contributed by atoms with van der Waals surface area (Å²) in [5, 5.41) is 15.3. The van der Waals surface area contributed by atoms with Gasteiger partial charge in [0.25, 0.3) is 0 Å². The summed E-state index contributed by atoms with van der Waals surface area (Å²) in [5.41, 5.74) is 4.81. The first kappa shape index (κ1) is 22.7. The quantitative estimate of drug-likeness (QED) is 0.579. The van der Waals surface area contributed by atoms with E-state index in [2.05, 4.69) is 20.8 Å². The Morgan fingerprint density at radius 3 is 2.39 bits per heavy atom. The Labute approximate surface area is 197 Å². The number of urea groups is 1. The van der Waals surface area contributed by atoms with Crippen molar-refractivity contribution in [1.82, 2.24) is 15.1 Å². The number of aryl methyl sites for hydroxylation is 2. The van der Waals surface area contributed by atoms with Crippen molar-refractivity contribution in [1.29, 1.82) is 0 Å². The smallest absolute Gasteiger partial charge is 0.322 e. The van der Waals surface area contributed by atoms with Crippen LogP contribution in [0.1, 0.15) is 24.0 Å². The second-order valence-corrected chi connectivity index (χ2v) is 9.37. The molecule has 1 atom stereocenters. The first-order chi connectivity index (χ1) is 15.8. The molecule has 0 spiro atoms. The van der Waals surface area contributed by atoms with Gasteiger partial charge in [-0.25, -0.2) is 4.79 Å². The van der Waals surface area contributed by atoms with E-state index in [1.807, 2.05) is 75.3 Å². The summed E-state index contributed by atoms with van der Waals surface area (Å²) < 4.78 is 0. The zero-order valence-corrected chi connectivity index (χ0v) is 20.1. The highest BCUT2D eigenvalue weighted by Crippen LogP contribution is 2.29. The predicted molar refractivity (Wildman–Crippen MR) is 133 cm³/mol. The van der Waals surface area contributed by atoms with Gasteiger partial charge in [0, 0.05) is 37.6 Å². The maximum Gasteiger partial charge on any atom is 0.322 e. The molecular weight excluding hydrogens is 436 g/mol. The van der Waals surface area contributed by atoms with Crippen LogP contribution in [0.4, 0.5) is 21.3 Å². The molecule has 1 aromatic heterocycles. The molecule has 4 rings (SSSR count). The minimum Gasteiger partial charge on any atom is -0.378 e. The average molecular weight is 465 g/mol. The van der Waals surface area contributed by atoms with E-state index in [0.717, 1.165) is 39.5 Å². The maximum atomic E-state index is 13.0. The van der Waals surface area contributed by atoms with Crippen LogP contribution in [0.5, 0.6) is 0 Å². The Kier molecular flexibility index (Phi) is 6.60. The standard InChI is InChI=1S/C24H28N6O2S/c1-15-7-5-8-16(2)20(15)25-24(32)30-14-6-9-19(30)21(31)26-23-28-27-22(33-23)17-10-12-18(13-11-17)29(3)4/h5,7-8,10-13,19H,6,9,14H2,1-4H3,(H,25,32)(H,26,28,31). The van der Waals surface area contributed by atoms with Gasteiger partial charge in [-0.1, -0.05) is 29.5 Å². The molecule has 9 heteroatoms. The monoisotopic (exact) mass is 464 g/mol. The maximum absolute atomic E-state index is 13.0. The van der Waals surface area contributed by atoms with Crippen LogP contribution in [-0.4, -0.2) is 53.7 Å². The normalized spacial score (nSPS) is 15.4. The van der Waals surface area contributed by atoms with Crippen molar-refractivity contribution in [2.24, 2.45) is 0 Å². The molecule has 0 saturated carbocycles. The number of para-hydroxylation sites is 1. The lowest BCUT2D eigenvalue weighted by Crippen LogP contribution is -2.45. The number of hydrogen-bond acceptors (Lipinski definition) is 6. The zero-order valence-electron chi connectivity index (χ0n) is 19.3. The topological polar surface area (TPSA) is 90.5 Å². The molecule has 3 aromatic rings. The van der Waals surface area contributed by atoms with Gasteiger partial charge in [0.05, 0.1) is 0 Å². The van der Waals surface area contributed by atoms with Crippen LogP contribution in [0.25, 0.3) is 10.6 Å². The second-order valence-electron chi connectivity index (χ2n) is 8.39. The third-order valence-corrected chi connectivity index (χ3v) is 6.70. The number of hydrogen-bond donors (Lipinski definition) is 2. The lowest BCUT2D eigenvalue weighted by Gasteiger charge is -2.24. The van der Waals surface area contributed by atoms with Gasteiger partial charge < -0.3 is 15.1 Å². The summed E-state index contributed by atoms with van der Waals surface area (Å²) in [5.74, 6) is -0.241. The van der Waals surface area contributed by atoms with E-state index in [1.165, 1.54) is 11.3 Å². The number of rotatable bonds is 5. The SMILES string of the molecule is Cc1cccc(C)c1NC(=O)N1CCCC1C(=O)Nc1nnc(-c2ccc(N(C)C)cc2)s1. The molecule has 1 aliphatic rings. The molecule has 0 bridgehead atoms. The number of carbonyl (C=O) groups excluding carboxylic acids is 2. The Morgan fingerprint density at radius 1 is 1.03 bits per heavy atom. The van der Waals surface area contributed by atoms with E-state index in [4.69, 9.17) is 0 Å². The molecule has 1 saturated heterocycles. The fourth-order valence-electron chi connectivity index (χ4n) is 3.95. The number of carbonyl (C=O) groups is 2. The van der Waals surface area contributed by atoms with E-state index < -0.39 is 6.04 Å². The summed E-state index contributed by atoms with van der Waals surface area (Å²) in [6.07, 6.45) is 1.39. The molecule has 1 fully saturated rings. The molecule has 2 heterocycles. The van der Waals surface area contributed by atoms with E-state index >= 15 is 0 Å². The van der Waals surface area contributed by atoms with Gasteiger partial charge in [0.1, 0.15) is 11.0 Å². The largest absolute Gasteiger partial charge is 0.378 e. The molecule has 2 aromatic carbocycles. The van der Waals surface area contributed by atoms with Crippen molar-refractivity contribution < 1.29 is 9.59 Å². The van der Waals surface area contributed by atoms with Crippen LogP contribution < -0.4 is 15.5 Å². The summed E-state index contributed by atoms with van der Waals surface area (Å²) in [7, 11) is 3.98. The van der Waals surface area contributed by atoms with E-state index in [0.29, 0.717) is 18.1 Å². The van der Waals surface area contributed by atoms with Crippen LogP contribution in [-0.2, 0) is 4.79 Å². The molecule has 0 aliphatic carbocycles.